The second kappa shape index (κ2) is 7.31. The van der Waals surface area contributed by atoms with Crippen LogP contribution in [0.25, 0.3) is 0 Å². The summed E-state index contributed by atoms with van der Waals surface area (Å²) < 4.78 is 11.3. The first kappa shape index (κ1) is 16.4. The Bertz CT molecular complexity index is 668. The number of anilines is 1. The van der Waals surface area contributed by atoms with E-state index in [9.17, 15) is 4.79 Å². The van der Waals surface area contributed by atoms with Crippen molar-refractivity contribution >= 4 is 27.5 Å². The minimum atomic E-state index is -0.0863. The largest absolute Gasteiger partial charge is 0.493 e. The Kier molecular flexibility index (Phi) is 5.44. The quantitative estimate of drug-likeness (QED) is 0.874. The maximum absolute atomic E-state index is 12.2. The zero-order valence-electron chi connectivity index (χ0n) is 12.8. The lowest BCUT2D eigenvalue weighted by atomic mass is 10.1. The number of nitrogens with one attached hydrogen (secondary N) is 1. The van der Waals surface area contributed by atoms with Gasteiger partial charge < -0.3 is 14.8 Å². The van der Waals surface area contributed by atoms with Gasteiger partial charge in [-0.05, 0) is 36.8 Å². The molecule has 2 aromatic carbocycles. The minimum absolute atomic E-state index is 0.0863. The summed E-state index contributed by atoms with van der Waals surface area (Å²) in [7, 11) is 3.15. The van der Waals surface area contributed by atoms with Crippen LogP contribution < -0.4 is 14.8 Å². The average molecular weight is 364 g/mol. The van der Waals surface area contributed by atoms with Crippen LogP contribution in [0.15, 0.2) is 40.9 Å². The fraction of sp³-hybridized carbons (Fsp3) is 0.235. The molecule has 0 spiro atoms. The van der Waals surface area contributed by atoms with Crippen molar-refractivity contribution in [2.24, 2.45) is 0 Å². The first-order chi connectivity index (χ1) is 10.5. The molecular weight excluding hydrogens is 346 g/mol. The molecule has 0 saturated carbocycles. The third-order valence-corrected chi connectivity index (χ3v) is 3.98. The van der Waals surface area contributed by atoms with Gasteiger partial charge in [-0.15, -0.1) is 0 Å². The zero-order valence-corrected chi connectivity index (χ0v) is 14.4. The average Bonchev–Trinajstić information content (AvgIpc) is 2.51. The number of ether oxygens (including phenoxy) is 2. The second-order valence-electron chi connectivity index (χ2n) is 4.89. The molecule has 0 radical (unpaired) electrons. The number of aryl methyl sites for hydroxylation is 1. The summed E-state index contributed by atoms with van der Waals surface area (Å²) in [5.41, 5.74) is 2.77. The summed E-state index contributed by atoms with van der Waals surface area (Å²) in [4.78, 5) is 12.2. The smallest absolute Gasteiger partial charge is 0.228 e. The summed E-state index contributed by atoms with van der Waals surface area (Å²) in [5.74, 6) is 1.14. The molecule has 1 N–H and O–H groups in total. The fourth-order valence-electron chi connectivity index (χ4n) is 2.05. The Balaban J connectivity index is 2.12. The van der Waals surface area contributed by atoms with Gasteiger partial charge in [0.25, 0.3) is 0 Å². The molecule has 0 aliphatic carbocycles. The van der Waals surface area contributed by atoms with Crippen LogP contribution in [-0.2, 0) is 11.2 Å². The second-order valence-corrected chi connectivity index (χ2v) is 5.74. The molecule has 116 valence electrons. The van der Waals surface area contributed by atoms with E-state index in [0.717, 1.165) is 21.3 Å². The molecule has 0 aromatic heterocycles. The van der Waals surface area contributed by atoms with Gasteiger partial charge in [0, 0.05) is 10.2 Å². The van der Waals surface area contributed by atoms with E-state index in [2.05, 4.69) is 21.2 Å². The highest BCUT2D eigenvalue weighted by atomic mass is 79.9. The molecule has 0 aliphatic heterocycles. The third-order valence-electron chi connectivity index (χ3n) is 3.24. The van der Waals surface area contributed by atoms with E-state index in [1.165, 1.54) is 0 Å². The van der Waals surface area contributed by atoms with Crippen molar-refractivity contribution in [2.45, 2.75) is 13.3 Å². The number of hydrogen-bond donors (Lipinski definition) is 1. The van der Waals surface area contributed by atoms with Crippen molar-refractivity contribution in [3.8, 4) is 11.5 Å². The minimum Gasteiger partial charge on any atom is -0.493 e. The predicted molar refractivity (Wildman–Crippen MR) is 90.8 cm³/mol. The van der Waals surface area contributed by atoms with E-state index in [1.807, 2.05) is 31.2 Å². The van der Waals surface area contributed by atoms with Crippen LogP contribution in [0, 0.1) is 6.92 Å². The monoisotopic (exact) mass is 363 g/mol. The van der Waals surface area contributed by atoms with E-state index >= 15 is 0 Å². The van der Waals surface area contributed by atoms with Crippen molar-refractivity contribution in [1.82, 2.24) is 0 Å². The molecule has 4 nitrogen and oxygen atoms in total. The summed E-state index contributed by atoms with van der Waals surface area (Å²) in [6.07, 6.45) is 0.245. The van der Waals surface area contributed by atoms with Gasteiger partial charge in [-0.25, -0.2) is 0 Å². The van der Waals surface area contributed by atoms with Crippen molar-refractivity contribution in [3.05, 3.63) is 52.0 Å². The zero-order chi connectivity index (χ0) is 16.1. The van der Waals surface area contributed by atoms with Crippen LogP contribution >= 0.6 is 15.9 Å². The van der Waals surface area contributed by atoms with E-state index < -0.39 is 0 Å². The van der Waals surface area contributed by atoms with Gasteiger partial charge >= 0.3 is 0 Å². The summed E-state index contributed by atoms with van der Waals surface area (Å²) in [6, 6.07) is 11.3. The van der Waals surface area contributed by atoms with Crippen LogP contribution in [0.4, 0.5) is 5.69 Å². The fourth-order valence-corrected chi connectivity index (χ4v) is 2.51. The van der Waals surface area contributed by atoms with Gasteiger partial charge in [-0.1, -0.05) is 33.6 Å². The normalized spacial score (nSPS) is 10.2. The molecule has 0 heterocycles. The van der Waals surface area contributed by atoms with Crippen molar-refractivity contribution in [3.63, 3.8) is 0 Å². The van der Waals surface area contributed by atoms with Crippen LogP contribution in [0.5, 0.6) is 11.5 Å². The van der Waals surface area contributed by atoms with Crippen LogP contribution in [-0.4, -0.2) is 20.1 Å². The van der Waals surface area contributed by atoms with Crippen molar-refractivity contribution < 1.29 is 14.3 Å². The molecule has 0 aliphatic rings. The van der Waals surface area contributed by atoms with Crippen LogP contribution in [0.2, 0.25) is 0 Å². The van der Waals surface area contributed by atoms with E-state index in [0.29, 0.717) is 11.5 Å². The number of hydrogen-bond acceptors (Lipinski definition) is 3. The molecule has 0 unspecified atom stereocenters. The molecule has 22 heavy (non-hydrogen) atoms. The lowest BCUT2D eigenvalue weighted by Gasteiger charge is -2.12. The standard InChI is InChI=1S/C17H18BrNO3/c1-11-4-6-13(7-5-11)19-17(20)9-12-8-15(21-2)16(22-3)10-14(12)18/h4-8,10H,9H2,1-3H3,(H,19,20). The maximum atomic E-state index is 12.2. The topological polar surface area (TPSA) is 47.6 Å². The third kappa shape index (κ3) is 4.01. The molecule has 2 aromatic rings. The Labute approximate surface area is 138 Å². The first-order valence-electron chi connectivity index (χ1n) is 6.80. The number of methoxy groups -OCH3 is 2. The van der Waals surface area contributed by atoms with E-state index in [1.54, 1.807) is 26.4 Å². The number of amides is 1. The Morgan fingerprint density at radius 1 is 1.09 bits per heavy atom. The van der Waals surface area contributed by atoms with Crippen LogP contribution in [0.1, 0.15) is 11.1 Å². The van der Waals surface area contributed by atoms with Gasteiger partial charge in [0.1, 0.15) is 0 Å². The summed E-state index contributed by atoms with van der Waals surface area (Å²) in [5, 5.41) is 2.88. The van der Waals surface area contributed by atoms with Gasteiger partial charge in [-0.2, -0.15) is 0 Å². The number of rotatable bonds is 5. The molecule has 5 heteroatoms. The molecule has 0 fully saturated rings. The van der Waals surface area contributed by atoms with Crippen LogP contribution in [0.3, 0.4) is 0 Å². The Morgan fingerprint density at radius 3 is 2.27 bits per heavy atom. The number of carbonyl (C=O) groups is 1. The molecular formula is C17H18BrNO3. The number of benzene rings is 2. The Hall–Kier alpha value is -2.01. The Morgan fingerprint density at radius 2 is 1.68 bits per heavy atom. The van der Waals surface area contributed by atoms with Gasteiger partial charge in [0.05, 0.1) is 20.6 Å². The van der Waals surface area contributed by atoms with Crippen molar-refractivity contribution in [2.75, 3.05) is 19.5 Å². The molecule has 0 saturated heterocycles. The van der Waals surface area contributed by atoms with Gasteiger partial charge in [0.2, 0.25) is 5.91 Å². The van der Waals surface area contributed by atoms with Gasteiger partial charge in [-0.3, -0.25) is 4.79 Å². The van der Waals surface area contributed by atoms with Gasteiger partial charge in [0.15, 0.2) is 11.5 Å². The molecule has 2 rings (SSSR count). The lowest BCUT2D eigenvalue weighted by molar-refractivity contribution is -0.115. The molecule has 0 bridgehead atoms. The molecule has 1 amide bonds. The SMILES string of the molecule is COc1cc(Br)c(CC(=O)Nc2ccc(C)cc2)cc1OC. The predicted octanol–water partition coefficient (Wildman–Crippen LogP) is 3.96. The summed E-state index contributed by atoms with van der Waals surface area (Å²) in [6.45, 7) is 2.01. The summed E-state index contributed by atoms with van der Waals surface area (Å²) >= 11 is 3.46. The number of halogens is 1. The maximum Gasteiger partial charge on any atom is 0.228 e. The first-order valence-corrected chi connectivity index (χ1v) is 7.59. The molecule has 0 atom stereocenters. The van der Waals surface area contributed by atoms with E-state index in [4.69, 9.17) is 9.47 Å². The van der Waals surface area contributed by atoms with E-state index in [-0.39, 0.29) is 12.3 Å². The highest BCUT2D eigenvalue weighted by molar-refractivity contribution is 9.10. The highest BCUT2D eigenvalue weighted by Crippen LogP contribution is 2.33. The number of carbonyl (C=O) groups excluding carboxylic acids is 1. The van der Waals surface area contributed by atoms with Crippen molar-refractivity contribution in [1.29, 1.82) is 0 Å². The highest BCUT2D eigenvalue weighted by Gasteiger charge is 2.12. The lowest BCUT2D eigenvalue weighted by Crippen LogP contribution is -2.14.